The van der Waals surface area contributed by atoms with Crippen LogP contribution in [-0.4, -0.2) is 30.5 Å². The van der Waals surface area contributed by atoms with Crippen molar-refractivity contribution in [1.82, 2.24) is 0 Å². The Bertz CT molecular complexity index is 670. The molecule has 0 spiro atoms. The van der Waals surface area contributed by atoms with Crippen LogP contribution < -0.4 is 3.61 Å². The first-order valence-electron chi connectivity index (χ1n) is 7.41. The maximum absolute atomic E-state index is 12.6. The summed E-state index contributed by atoms with van der Waals surface area (Å²) >= 11 is -0.771. The minimum atomic E-state index is -0.771. The van der Waals surface area contributed by atoms with Gasteiger partial charge in [0, 0.05) is 0 Å². The summed E-state index contributed by atoms with van der Waals surface area (Å²) in [5, 5.41) is 0. The Balaban J connectivity index is 2.44. The Morgan fingerprint density at radius 3 is 2.09 bits per heavy atom. The van der Waals surface area contributed by atoms with Gasteiger partial charge >= 0.3 is 143 Å². The van der Waals surface area contributed by atoms with Gasteiger partial charge in [-0.05, 0) is 0 Å². The molecular formula is C19H21NOTe. The molecule has 2 aromatic carbocycles. The number of nitrogens with zero attached hydrogens (tertiary/aromatic N) is 1. The number of Topliss-reactive ketones (excluding diaryl/α,β-unsaturated/α-hetero) is 1. The van der Waals surface area contributed by atoms with Crippen LogP contribution >= 0.6 is 0 Å². The van der Waals surface area contributed by atoms with Crippen molar-refractivity contribution in [3.05, 3.63) is 59.7 Å². The third kappa shape index (κ3) is 4.29. The van der Waals surface area contributed by atoms with Gasteiger partial charge in [-0.25, -0.2) is 0 Å². The first-order chi connectivity index (χ1) is 10.5. The summed E-state index contributed by atoms with van der Waals surface area (Å²) in [5.74, 6) is 0.158. The van der Waals surface area contributed by atoms with Crippen molar-refractivity contribution in [2.75, 3.05) is 0 Å². The molecule has 0 aliphatic heterocycles. The van der Waals surface area contributed by atoms with Crippen LogP contribution in [0.1, 0.15) is 25.0 Å². The minimum absolute atomic E-state index is 0.0168. The van der Waals surface area contributed by atoms with Gasteiger partial charge in [-0.2, -0.15) is 0 Å². The molecule has 0 aliphatic carbocycles. The summed E-state index contributed by atoms with van der Waals surface area (Å²) in [4.78, 5) is 17.4. The third-order valence-electron chi connectivity index (χ3n) is 3.35. The van der Waals surface area contributed by atoms with Gasteiger partial charge in [-0.1, -0.05) is 0 Å². The zero-order valence-electron chi connectivity index (χ0n) is 13.5. The number of carbonyl (C=O) groups excluding carboxylic acids is 1. The summed E-state index contributed by atoms with van der Waals surface area (Å²) in [6.07, 6.45) is 0. The second-order valence-electron chi connectivity index (χ2n) is 5.59. The molecule has 0 N–H and O–H groups in total. The molecule has 3 heteroatoms. The molecule has 2 nitrogen and oxygen atoms in total. The number of aryl methyl sites for hydroxylation is 2. The topological polar surface area (TPSA) is 29.4 Å². The summed E-state index contributed by atoms with van der Waals surface area (Å²) < 4.78 is 2.01. The van der Waals surface area contributed by atoms with E-state index in [9.17, 15) is 4.79 Å². The van der Waals surface area contributed by atoms with Crippen LogP contribution in [0.25, 0.3) is 0 Å². The van der Waals surface area contributed by atoms with Gasteiger partial charge in [0.2, 0.25) is 0 Å². The van der Waals surface area contributed by atoms with E-state index in [4.69, 9.17) is 4.99 Å². The second kappa shape index (κ2) is 7.72. The molecule has 0 radical (unpaired) electrons. The van der Waals surface area contributed by atoms with Crippen molar-refractivity contribution in [3.63, 3.8) is 0 Å². The van der Waals surface area contributed by atoms with E-state index in [1.807, 2.05) is 64.1 Å². The van der Waals surface area contributed by atoms with E-state index < -0.39 is 20.9 Å². The number of carbonyl (C=O) groups is 1. The Kier molecular flexibility index (Phi) is 5.94. The van der Waals surface area contributed by atoms with E-state index in [2.05, 4.69) is 12.1 Å². The van der Waals surface area contributed by atoms with Crippen LogP contribution in [0, 0.1) is 19.8 Å². The predicted octanol–water partition coefficient (Wildman–Crippen LogP) is 3.59. The van der Waals surface area contributed by atoms with Gasteiger partial charge in [0.05, 0.1) is 0 Å². The predicted molar refractivity (Wildman–Crippen MR) is 94.7 cm³/mol. The van der Waals surface area contributed by atoms with Gasteiger partial charge in [0.1, 0.15) is 0 Å². The number of rotatable bonds is 5. The molecule has 0 amide bonds. The molecule has 22 heavy (non-hydrogen) atoms. The fourth-order valence-corrected chi connectivity index (χ4v) is 4.88. The molecule has 0 heterocycles. The molecule has 0 fully saturated rings. The Hall–Kier alpha value is -1.43. The molecule has 0 saturated heterocycles. The number of para-hydroxylation sites is 1. The fraction of sp³-hybridized carbons (Fsp3) is 0.263. The van der Waals surface area contributed by atoms with Gasteiger partial charge in [-0.15, -0.1) is 0 Å². The van der Waals surface area contributed by atoms with Gasteiger partial charge in [0.25, 0.3) is 0 Å². The molecular weight excluding hydrogens is 386 g/mol. The zero-order valence-corrected chi connectivity index (χ0v) is 15.8. The van der Waals surface area contributed by atoms with E-state index in [1.54, 1.807) is 0 Å². The van der Waals surface area contributed by atoms with Crippen LogP contribution in [-0.2, 0) is 4.79 Å². The summed E-state index contributed by atoms with van der Waals surface area (Å²) in [7, 11) is 0. The van der Waals surface area contributed by atoms with Crippen LogP contribution in [0.5, 0.6) is 0 Å². The number of aliphatic imine (C=N–C) groups is 1. The number of ketones is 1. The molecule has 0 unspecified atom stereocenters. The standard InChI is InChI=1S/C19H21NOTe/c1-13(2)18(21)19(22-16-11-6-5-7-12-16)20-17-14(3)9-8-10-15(17)4/h5-13H,1-4H3. The number of benzene rings is 2. The van der Waals surface area contributed by atoms with E-state index >= 15 is 0 Å². The molecule has 0 aromatic heterocycles. The van der Waals surface area contributed by atoms with Crippen molar-refractivity contribution in [1.29, 1.82) is 0 Å². The van der Waals surface area contributed by atoms with Gasteiger partial charge in [-0.3, -0.25) is 0 Å². The molecule has 0 atom stereocenters. The summed E-state index contributed by atoms with van der Waals surface area (Å²) in [6, 6.07) is 16.4. The van der Waals surface area contributed by atoms with E-state index in [-0.39, 0.29) is 11.7 Å². The monoisotopic (exact) mass is 409 g/mol. The van der Waals surface area contributed by atoms with Crippen molar-refractivity contribution in [2.45, 2.75) is 27.7 Å². The van der Waals surface area contributed by atoms with Crippen LogP contribution in [0.15, 0.2) is 53.5 Å². The van der Waals surface area contributed by atoms with Gasteiger partial charge in [0.15, 0.2) is 0 Å². The molecule has 114 valence electrons. The maximum atomic E-state index is 12.6. The molecule has 0 saturated carbocycles. The van der Waals surface area contributed by atoms with Crippen LogP contribution in [0.3, 0.4) is 0 Å². The fourth-order valence-electron chi connectivity index (χ4n) is 2.06. The zero-order chi connectivity index (χ0) is 16.1. The molecule has 2 aromatic rings. The van der Waals surface area contributed by atoms with Crippen molar-refractivity contribution in [2.24, 2.45) is 10.9 Å². The van der Waals surface area contributed by atoms with E-state index in [0.717, 1.165) is 20.6 Å². The van der Waals surface area contributed by atoms with Crippen molar-refractivity contribution in [3.8, 4) is 0 Å². The average molecular weight is 407 g/mol. The third-order valence-corrected chi connectivity index (χ3v) is 6.18. The molecule has 0 bridgehead atoms. The Labute approximate surface area is 142 Å². The Morgan fingerprint density at radius 2 is 1.55 bits per heavy atom. The first kappa shape index (κ1) is 16.9. The van der Waals surface area contributed by atoms with Crippen LogP contribution in [0.2, 0.25) is 0 Å². The normalized spacial score (nSPS) is 11.8. The van der Waals surface area contributed by atoms with Crippen LogP contribution in [0.4, 0.5) is 5.69 Å². The average Bonchev–Trinajstić information content (AvgIpc) is 2.50. The van der Waals surface area contributed by atoms with Crippen molar-refractivity contribution < 1.29 is 4.79 Å². The van der Waals surface area contributed by atoms with Crippen molar-refractivity contribution >= 4 is 39.8 Å². The molecule has 2 rings (SSSR count). The SMILES string of the molecule is Cc1cccc(C)c1N=C([Te]c1ccccc1)C(=O)C(C)C. The Morgan fingerprint density at radius 1 is 0.955 bits per heavy atom. The number of hydrogen-bond donors (Lipinski definition) is 0. The second-order valence-corrected chi connectivity index (χ2v) is 8.62. The van der Waals surface area contributed by atoms with E-state index in [0.29, 0.717) is 0 Å². The van der Waals surface area contributed by atoms with Gasteiger partial charge < -0.3 is 0 Å². The summed E-state index contributed by atoms with van der Waals surface area (Å²) in [5.41, 5.74) is 3.19. The first-order valence-corrected chi connectivity index (χ1v) is 9.74. The number of hydrogen-bond acceptors (Lipinski definition) is 2. The summed E-state index contributed by atoms with van der Waals surface area (Å²) in [6.45, 7) is 7.99. The molecule has 0 aliphatic rings. The quantitative estimate of drug-likeness (QED) is 0.551. The van der Waals surface area contributed by atoms with E-state index in [1.165, 1.54) is 3.61 Å².